The number of rotatable bonds is 5. The zero-order valence-corrected chi connectivity index (χ0v) is 15.4. The number of carbonyl (C=O) groups excluding carboxylic acids is 1. The van der Waals surface area contributed by atoms with Crippen LogP contribution in [0.5, 0.6) is 0 Å². The van der Waals surface area contributed by atoms with Crippen LogP contribution < -0.4 is 5.32 Å². The third-order valence-electron chi connectivity index (χ3n) is 3.62. The van der Waals surface area contributed by atoms with E-state index in [0.29, 0.717) is 6.54 Å². The van der Waals surface area contributed by atoms with E-state index in [1.54, 1.807) is 30.5 Å². The van der Waals surface area contributed by atoms with E-state index < -0.39 is 10.0 Å². The molecule has 2 aromatic heterocycles. The van der Waals surface area contributed by atoms with Gasteiger partial charge in [0.1, 0.15) is 0 Å². The Morgan fingerprint density at radius 2 is 1.92 bits per heavy atom. The molecule has 3 aromatic rings. The number of thiazole rings is 1. The second kappa shape index (κ2) is 6.81. The van der Waals surface area contributed by atoms with E-state index in [0.717, 1.165) is 19.4 Å². The second-order valence-corrected chi connectivity index (χ2v) is 8.74. The fraction of sp³-hybridized carbons (Fsp3) is 0.176. The Hall–Kier alpha value is -2.45. The van der Waals surface area contributed by atoms with Gasteiger partial charge in [-0.15, -0.1) is 11.3 Å². The topological polar surface area (TPSA) is 81.1 Å². The van der Waals surface area contributed by atoms with Crippen molar-refractivity contribution in [1.29, 1.82) is 0 Å². The normalized spacial score (nSPS) is 11.4. The molecule has 0 saturated carbocycles. The van der Waals surface area contributed by atoms with Gasteiger partial charge in [-0.05, 0) is 32.0 Å². The summed E-state index contributed by atoms with van der Waals surface area (Å²) >= 11 is 1.51. The average molecular weight is 375 g/mol. The molecule has 0 fully saturated rings. The van der Waals surface area contributed by atoms with Gasteiger partial charge in [0.2, 0.25) is 0 Å². The molecule has 0 radical (unpaired) electrons. The van der Waals surface area contributed by atoms with Crippen LogP contribution in [0.3, 0.4) is 0 Å². The van der Waals surface area contributed by atoms with E-state index in [9.17, 15) is 13.2 Å². The summed E-state index contributed by atoms with van der Waals surface area (Å²) in [6.07, 6.45) is 4.41. The molecule has 0 aliphatic rings. The molecular weight excluding hydrogens is 358 g/mol. The summed E-state index contributed by atoms with van der Waals surface area (Å²) in [6.45, 7) is 4.14. The number of amides is 1. The molecule has 0 aliphatic carbocycles. The minimum atomic E-state index is -3.70. The largest absolute Gasteiger partial charge is 0.347 e. The molecule has 0 saturated heterocycles. The van der Waals surface area contributed by atoms with Gasteiger partial charge in [0.25, 0.3) is 15.9 Å². The lowest BCUT2D eigenvalue weighted by Crippen LogP contribution is -2.22. The molecule has 1 aromatic carbocycles. The third-order valence-corrected chi connectivity index (χ3v) is 6.18. The molecule has 1 amide bonds. The first-order valence-electron chi connectivity index (χ1n) is 7.56. The molecule has 0 unspecified atom stereocenters. The molecule has 2 heterocycles. The van der Waals surface area contributed by atoms with Crippen molar-refractivity contribution in [2.45, 2.75) is 25.3 Å². The van der Waals surface area contributed by atoms with E-state index in [1.165, 1.54) is 29.8 Å². The van der Waals surface area contributed by atoms with Crippen molar-refractivity contribution < 1.29 is 13.2 Å². The minimum Gasteiger partial charge on any atom is -0.347 e. The first kappa shape index (κ1) is 17.4. The summed E-state index contributed by atoms with van der Waals surface area (Å²) < 4.78 is 26.2. The maximum absolute atomic E-state index is 12.6. The summed E-state index contributed by atoms with van der Waals surface area (Å²) in [6, 6.07) is 8.06. The quantitative estimate of drug-likeness (QED) is 0.743. The van der Waals surface area contributed by atoms with Gasteiger partial charge in [-0.3, -0.25) is 4.79 Å². The van der Waals surface area contributed by atoms with Crippen LogP contribution in [0.2, 0.25) is 0 Å². The molecule has 6 nitrogen and oxygen atoms in total. The number of hydrogen-bond acceptors (Lipinski definition) is 5. The lowest BCUT2D eigenvalue weighted by Gasteiger charge is -2.06. The van der Waals surface area contributed by atoms with E-state index in [2.05, 4.69) is 10.3 Å². The Morgan fingerprint density at radius 3 is 2.56 bits per heavy atom. The van der Waals surface area contributed by atoms with Crippen molar-refractivity contribution in [2.75, 3.05) is 0 Å². The monoisotopic (exact) mass is 375 g/mol. The van der Waals surface area contributed by atoms with Crippen molar-refractivity contribution in [3.8, 4) is 0 Å². The van der Waals surface area contributed by atoms with Crippen LogP contribution in [-0.4, -0.2) is 23.3 Å². The minimum absolute atomic E-state index is 0.181. The van der Waals surface area contributed by atoms with Crippen molar-refractivity contribution in [1.82, 2.24) is 14.3 Å². The Kier molecular flexibility index (Phi) is 4.73. The maximum Gasteiger partial charge on any atom is 0.267 e. The highest BCUT2D eigenvalue weighted by Gasteiger charge is 2.18. The van der Waals surface area contributed by atoms with Gasteiger partial charge < -0.3 is 5.32 Å². The van der Waals surface area contributed by atoms with E-state index >= 15 is 0 Å². The van der Waals surface area contributed by atoms with Gasteiger partial charge in [-0.25, -0.2) is 17.4 Å². The van der Waals surface area contributed by atoms with Gasteiger partial charge in [-0.2, -0.15) is 0 Å². The number of hydrogen-bond donors (Lipinski definition) is 1. The molecule has 130 valence electrons. The smallest absolute Gasteiger partial charge is 0.267 e. The lowest BCUT2D eigenvalue weighted by atomic mass is 10.2. The van der Waals surface area contributed by atoms with Crippen LogP contribution in [0.4, 0.5) is 0 Å². The number of aryl methyl sites for hydroxylation is 2. The van der Waals surface area contributed by atoms with Crippen LogP contribution in [0.1, 0.15) is 25.8 Å². The summed E-state index contributed by atoms with van der Waals surface area (Å²) in [5.74, 6) is -0.330. The summed E-state index contributed by atoms with van der Waals surface area (Å²) in [4.78, 5) is 17.5. The fourth-order valence-electron chi connectivity index (χ4n) is 2.25. The summed E-state index contributed by atoms with van der Waals surface area (Å²) in [7, 11) is -3.70. The van der Waals surface area contributed by atoms with Crippen molar-refractivity contribution in [2.24, 2.45) is 0 Å². The highest BCUT2D eigenvalue weighted by atomic mass is 32.2. The third kappa shape index (κ3) is 3.80. The van der Waals surface area contributed by atoms with Crippen molar-refractivity contribution in [3.63, 3.8) is 0 Å². The van der Waals surface area contributed by atoms with Crippen LogP contribution in [0, 0.1) is 13.8 Å². The van der Waals surface area contributed by atoms with Crippen LogP contribution >= 0.6 is 11.3 Å². The molecule has 3 rings (SSSR count). The first-order chi connectivity index (χ1) is 11.9. The Labute approximate surface area is 150 Å². The summed E-state index contributed by atoms with van der Waals surface area (Å²) in [5, 5.41) is 3.69. The van der Waals surface area contributed by atoms with Gasteiger partial charge in [0.15, 0.2) is 0 Å². The Morgan fingerprint density at radius 1 is 1.20 bits per heavy atom. The molecule has 8 heteroatoms. The standard InChI is InChI=1S/C17H17N3O3S2/c1-12-3-5-16(6-4-12)25(22,23)20-8-7-14(11-20)17(21)19-10-15-9-18-13(2)24-15/h3-9,11H,10H2,1-2H3,(H,19,21). The number of aromatic nitrogens is 2. The molecule has 0 aliphatic heterocycles. The predicted molar refractivity (Wildman–Crippen MR) is 96.2 cm³/mol. The number of benzene rings is 1. The maximum atomic E-state index is 12.6. The number of nitrogens with zero attached hydrogens (tertiary/aromatic N) is 2. The van der Waals surface area contributed by atoms with Crippen molar-refractivity contribution >= 4 is 27.3 Å². The average Bonchev–Trinajstić information content (AvgIpc) is 3.22. The first-order valence-corrected chi connectivity index (χ1v) is 9.82. The lowest BCUT2D eigenvalue weighted by molar-refractivity contribution is 0.0951. The molecule has 1 N–H and O–H groups in total. The number of nitrogens with one attached hydrogen (secondary N) is 1. The Balaban J connectivity index is 1.75. The highest BCUT2D eigenvalue weighted by Crippen LogP contribution is 2.16. The molecule has 0 spiro atoms. The molecular formula is C17H17N3O3S2. The highest BCUT2D eigenvalue weighted by molar-refractivity contribution is 7.90. The van der Waals surface area contributed by atoms with Gasteiger partial charge in [0.05, 0.1) is 22.0 Å². The zero-order chi connectivity index (χ0) is 18.0. The van der Waals surface area contributed by atoms with E-state index in [1.807, 2.05) is 13.8 Å². The van der Waals surface area contributed by atoms with Crippen LogP contribution in [0.25, 0.3) is 0 Å². The van der Waals surface area contributed by atoms with Crippen molar-refractivity contribution in [3.05, 3.63) is 69.9 Å². The fourth-order valence-corrected chi connectivity index (χ4v) is 4.18. The predicted octanol–water partition coefficient (Wildman–Crippen LogP) is 2.73. The Bertz CT molecular complexity index is 1000. The zero-order valence-electron chi connectivity index (χ0n) is 13.8. The van der Waals surface area contributed by atoms with E-state index in [-0.39, 0.29) is 16.4 Å². The SMILES string of the molecule is Cc1ccc(S(=O)(=O)n2ccc(C(=O)NCc3cnc(C)s3)c2)cc1. The molecule has 0 bridgehead atoms. The van der Waals surface area contributed by atoms with E-state index in [4.69, 9.17) is 0 Å². The molecule has 25 heavy (non-hydrogen) atoms. The molecule has 0 atom stereocenters. The van der Waals surface area contributed by atoms with Gasteiger partial charge >= 0.3 is 0 Å². The van der Waals surface area contributed by atoms with Crippen LogP contribution in [-0.2, 0) is 16.6 Å². The van der Waals surface area contributed by atoms with Gasteiger partial charge in [0, 0.05) is 23.5 Å². The van der Waals surface area contributed by atoms with Gasteiger partial charge in [-0.1, -0.05) is 17.7 Å². The van der Waals surface area contributed by atoms with Crippen LogP contribution in [0.15, 0.2) is 53.8 Å². The second-order valence-electron chi connectivity index (χ2n) is 5.58. The number of carbonyl (C=O) groups is 1. The summed E-state index contributed by atoms with van der Waals surface area (Å²) in [5.41, 5.74) is 1.27.